The van der Waals surface area contributed by atoms with Crippen LogP contribution in [0.15, 0.2) is 18.2 Å². The molecule has 2 fully saturated rings. The smallest absolute Gasteiger partial charge is 0.323 e. The number of fused-ring (bicyclic) bond motifs is 1. The third-order valence-corrected chi connectivity index (χ3v) is 6.07. The van der Waals surface area contributed by atoms with Gasteiger partial charge in [0.2, 0.25) is 5.91 Å². The predicted octanol–water partition coefficient (Wildman–Crippen LogP) is 3.74. The van der Waals surface area contributed by atoms with Gasteiger partial charge in [-0.05, 0) is 37.3 Å². The van der Waals surface area contributed by atoms with E-state index in [1.807, 2.05) is 4.90 Å². The maximum atomic E-state index is 12.6. The lowest BCUT2D eigenvalue weighted by Crippen LogP contribution is -2.46. The van der Waals surface area contributed by atoms with Crippen molar-refractivity contribution >= 4 is 40.8 Å². The number of likely N-dealkylation sites (tertiary alicyclic amines) is 1. The zero-order chi connectivity index (χ0) is 18.0. The van der Waals surface area contributed by atoms with Gasteiger partial charge in [-0.2, -0.15) is 0 Å². The van der Waals surface area contributed by atoms with E-state index in [9.17, 15) is 9.59 Å². The van der Waals surface area contributed by atoms with Gasteiger partial charge >= 0.3 is 5.97 Å². The minimum absolute atomic E-state index is 0.143. The first-order valence-corrected chi connectivity index (χ1v) is 9.34. The molecule has 25 heavy (non-hydrogen) atoms. The van der Waals surface area contributed by atoms with Gasteiger partial charge in [-0.1, -0.05) is 42.1 Å². The molecule has 2 aliphatic rings. The normalized spacial score (nSPS) is 26.1. The highest BCUT2D eigenvalue weighted by Crippen LogP contribution is 2.40. The Bertz CT molecular complexity index is 668. The number of benzene rings is 1. The third kappa shape index (κ3) is 3.94. The Hall–Kier alpha value is -1.30. The maximum Gasteiger partial charge on any atom is 0.323 e. The number of carbonyl (C=O) groups excluding carboxylic acids is 2. The minimum atomic E-state index is -0.348. The summed E-state index contributed by atoms with van der Waals surface area (Å²) in [5.74, 6) is -0.00677. The molecule has 1 saturated carbocycles. The predicted molar refractivity (Wildman–Crippen MR) is 98.0 cm³/mol. The van der Waals surface area contributed by atoms with Crippen LogP contribution in [0.25, 0.3) is 0 Å². The van der Waals surface area contributed by atoms with Gasteiger partial charge in [-0.15, -0.1) is 0 Å². The highest BCUT2D eigenvalue weighted by Gasteiger charge is 2.46. The number of halogens is 2. The van der Waals surface area contributed by atoms with E-state index >= 15 is 0 Å². The van der Waals surface area contributed by atoms with Gasteiger partial charge in [0.15, 0.2) is 0 Å². The highest BCUT2D eigenvalue weighted by molar-refractivity contribution is 6.44. The van der Waals surface area contributed by atoms with Crippen molar-refractivity contribution in [1.82, 2.24) is 4.90 Å². The fraction of sp³-hybridized carbons (Fsp3) is 0.556. The Morgan fingerprint density at radius 2 is 2.04 bits per heavy atom. The van der Waals surface area contributed by atoms with E-state index in [0.717, 1.165) is 25.7 Å². The number of hydrogen-bond donors (Lipinski definition) is 1. The maximum absolute atomic E-state index is 12.6. The second kappa shape index (κ2) is 7.94. The molecule has 3 atom stereocenters. The Labute approximate surface area is 157 Å². The van der Waals surface area contributed by atoms with Crippen molar-refractivity contribution in [2.45, 2.75) is 44.2 Å². The molecule has 0 spiro atoms. The van der Waals surface area contributed by atoms with E-state index in [-0.39, 0.29) is 30.5 Å². The van der Waals surface area contributed by atoms with Gasteiger partial charge in [-0.25, -0.2) is 0 Å². The van der Waals surface area contributed by atoms with Gasteiger partial charge < -0.3 is 10.1 Å². The monoisotopic (exact) mass is 384 g/mol. The summed E-state index contributed by atoms with van der Waals surface area (Å²) in [6.45, 7) is 0.143. The Kier molecular flexibility index (Phi) is 5.87. The van der Waals surface area contributed by atoms with Crippen LogP contribution < -0.4 is 5.32 Å². The fourth-order valence-corrected chi connectivity index (χ4v) is 4.45. The van der Waals surface area contributed by atoms with Crippen molar-refractivity contribution < 1.29 is 14.3 Å². The topological polar surface area (TPSA) is 58.6 Å². The lowest BCUT2D eigenvalue weighted by molar-refractivity contribution is -0.146. The number of ether oxygens (including phenoxy) is 1. The van der Waals surface area contributed by atoms with Gasteiger partial charge in [0.1, 0.15) is 6.04 Å². The number of amides is 1. The Balaban J connectivity index is 1.72. The van der Waals surface area contributed by atoms with Crippen LogP contribution in [0.5, 0.6) is 0 Å². The van der Waals surface area contributed by atoms with Crippen molar-refractivity contribution in [3.8, 4) is 0 Å². The van der Waals surface area contributed by atoms with E-state index in [2.05, 4.69) is 5.32 Å². The van der Waals surface area contributed by atoms with Crippen molar-refractivity contribution in [1.29, 1.82) is 0 Å². The molecule has 1 heterocycles. The number of esters is 1. The van der Waals surface area contributed by atoms with Crippen LogP contribution in [0.1, 0.15) is 32.1 Å². The minimum Gasteiger partial charge on any atom is -0.468 e. The number of nitrogens with one attached hydrogen (secondary N) is 1. The number of methoxy groups -OCH3 is 1. The molecular formula is C18H22Cl2N2O3. The molecule has 0 bridgehead atoms. The summed E-state index contributed by atoms with van der Waals surface area (Å²) in [5, 5.41) is 3.51. The zero-order valence-corrected chi connectivity index (χ0v) is 15.6. The number of carbonyl (C=O) groups is 2. The summed E-state index contributed by atoms with van der Waals surface area (Å²) < 4.78 is 4.95. The lowest BCUT2D eigenvalue weighted by atomic mass is 9.85. The molecule has 1 N–H and O–H groups in total. The third-order valence-electron chi connectivity index (χ3n) is 5.25. The van der Waals surface area contributed by atoms with Gasteiger partial charge in [0, 0.05) is 6.04 Å². The zero-order valence-electron chi connectivity index (χ0n) is 14.1. The van der Waals surface area contributed by atoms with E-state index in [4.69, 9.17) is 27.9 Å². The molecule has 7 heteroatoms. The molecule has 3 rings (SSSR count). The van der Waals surface area contributed by atoms with Gasteiger partial charge in [-0.3, -0.25) is 14.5 Å². The first-order chi connectivity index (χ1) is 12.0. The first kappa shape index (κ1) is 18.5. The van der Waals surface area contributed by atoms with Crippen molar-refractivity contribution in [2.75, 3.05) is 19.0 Å². The molecule has 0 radical (unpaired) electrons. The number of hydrogen-bond acceptors (Lipinski definition) is 4. The van der Waals surface area contributed by atoms with Crippen molar-refractivity contribution in [2.24, 2.45) is 5.92 Å². The number of rotatable bonds is 4. The van der Waals surface area contributed by atoms with E-state index in [0.29, 0.717) is 21.7 Å². The van der Waals surface area contributed by atoms with Crippen molar-refractivity contribution in [3.63, 3.8) is 0 Å². The second-order valence-corrected chi connectivity index (χ2v) is 7.49. The summed E-state index contributed by atoms with van der Waals surface area (Å²) in [6, 6.07) is 5.02. The SMILES string of the molecule is COC(=O)[C@@H]1C[C@@H]2CCCC[C@H]2N1CC(=O)Nc1cccc(Cl)c1Cl. The summed E-state index contributed by atoms with van der Waals surface area (Å²) in [5.41, 5.74) is 0.480. The van der Waals surface area contributed by atoms with E-state index in [1.54, 1.807) is 18.2 Å². The molecule has 1 aromatic rings. The van der Waals surface area contributed by atoms with E-state index < -0.39 is 0 Å². The van der Waals surface area contributed by atoms with E-state index in [1.165, 1.54) is 13.5 Å². The number of nitrogens with zero attached hydrogens (tertiary/aromatic N) is 1. The largest absolute Gasteiger partial charge is 0.468 e. The second-order valence-electron chi connectivity index (χ2n) is 6.71. The van der Waals surface area contributed by atoms with Crippen LogP contribution in [0.3, 0.4) is 0 Å². The quantitative estimate of drug-likeness (QED) is 0.803. The molecule has 1 saturated heterocycles. The van der Waals surface area contributed by atoms with Crippen LogP contribution in [0, 0.1) is 5.92 Å². The molecule has 1 aliphatic carbocycles. The molecule has 0 aromatic heterocycles. The van der Waals surface area contributed by atoms with Gasteiger partial charge in [0.05, 0.1) is 29.4 Å². The summed E-state index contributed by atoms with van der Waals surface area (Å²) >= 11 is 12.1. The average Bonchev–Trinajstić information content (AvgIpc) is 2.97. The lowest BCUT2D eigenvalue weighted by Gasteiger charge is -2.32. The van der Waals surface area contributed by atoms with Crippen LogP contribution >= 0.6 is 23.2 Å². The van der Waals surface area contributed by atoms with Crippen LogP contribution in [0.4, 0.5) is 5.69 Å². The Morgan fingerprint density at radius 1 is 1.28 bits per heavy atom. The molecule has 0 unspecified atom stereocenters. The standard InChI is InChI=1S/C18H22Cl2N2O3/c1-25-18(24)15-9-11-5-2-3-8-14(11)22(15)10-16(23)21-13-7-4-6-12(19)17(13)20/h4,6-7,11,14-15H,2-3,5,8-10H2,1H3,(H,21,23)/t11-,14+,15-/m0/s1. The van der Waals surface area contributed by atoms with Gasteiger partial charge in [0.25, 0.3) is 0 Å². The van der Waals surface area contributed by atoms with Crippen LogP contribution in [0.2, 0.25) is 10.0 Å². The molecule has 1 aromatic carbocycles. The molecule has 136 valence electrons. The summed E-state index contributed by atoms with van der Waals surface area (Å²) in [6.07, 6.45) is 5.21. The van der Waals surface area contributed by atoms with Crippen LogP contribution in [-0.4, -0.2) is 42.5 Å². The molecule has 5 nitrogen and oxygen atoms in total. The highest BCUT2D eigenvalue weighted by atomic mass is 35.5. The summed E-state index contributed by atoms with van der Waals surface area (Å²) in [4.78, 5) is 26.7. The number of anilines is 1. The molecule has 1 aliphatic heterocycles. The molecular weight excluding hydrogens is 363 g/mol. The first-order valence-electron chi connectivity index (χ1n) is 8.58. The fourth-order valence-electron chi connectivity index (χ4n) is 4.10. The molecule has 1 amide bonds. The average molecular weight is 385 g/mol. The Morgan fingerprint density at radius 3 is 2.80 bits per heavy atom. The van der Waals surface area contributed by atoms with Crippen molar-refractivity contribution in [3.05, 3.63) is 28.2 Å². The van der Waals surface area contributed by atoms with Crippen LogP contribution in [-0.2, 0) is 14.3 Å². The summed E-state index contributed by atoms with van der Waals surface area (Å²) in [7, 11) is 1.40.